The summed E-state index contributed by atoms with van der Waals surface area (Å²) in [6, 6.07) is 8.74. The highest BCUT2D eigenvalue weighted by Crippen LogP contribution is 2.57. The zero-order valence-electron chi connectivity index (χ0n) is 15.7. The number of hydrogen-bond acceptors (Lipinski definition) is 2. The number of carbonyl (C=O) groups is 1. The predicted molar refractivity (Wildman–Crippen MR) is 103 cm³/mol. The van der Waals surface area contributed by atoms with Crippen molar-refractivity contribution in [1.29, 1.82) is 0 Å². The van der Waals surface area contributed by atoms with Gasteiger partial charge in [-0.05, 0) is 80.5 Å². The lowest BCUT2D eigenvalue weighted by Gasteiger charge is -2.60. The van der Waals surface area contributed by atoms with Gasteiger partial charge in [0, 0.05) is 18.5 Å². The summed E-state index contributed by atoms with van der Waals surface area (Å²) >= 11 is 0. The Balaban J connectivity index is 1.42. The molecular formula is C23H31NO. The van der Waals surface area contributed by atoms with Gasteiger partial charge in [-0.1, -0.05) is 37.3 Å². The van der Waals surface area contributed by atoms with Crippen LogP contribution >= 0.6 is 0 Å². The monoisotopic (exact) mass is 337 g/mol. The molecule has 4 fully saturated rings. The van der Waals surface area contributed by atoms with Gasteiger partial charge in [-0.25, -0.2) is 0 Å². The molecule has 0 aromatic heterocycles. The van der Waals surface area contributed by atoms with Crippen LogP contribution in [0.25, 0.3) is 6.08 Å². The number of ketones is 1. The molecule has 5 rings (SSSR count). The van der Waals surface area contributed by atoms with Gasteiger partial charge in [0.25, 0.3) is 0 Å². The van der Waals surface area contributed by atoms with E-state index in [9.17, 15) is 4.79 Å². The molecule has 0 unspecified atom stereocenters. The summed E-state index contributed by atoms with van der Waals surface area (Å²) in [4.78, 5) is 14.1. The van der Waals surface area contributed by atoms with Crippen LogP contribution in [0, 0.1) is 17.8 Å². The van der Waals surface area contributed by atoms with Crippen LogP contribution in [0.3, 0.4) is 0 Å². The van der Waals surface area contributed by atoms with Gasteiger partial charge in [0.1, 0.15) is 0 Å². The van der Waals surface area contributed by atoms with Crippen LogP contribution in [0.15, 0.2) is 30.3 Å². The molecule has 0 radical (unpaired) electrons. The second kappa shape index (κ2) is 6.72. The quantitative estimate of drug-likeness (QED) is 0.675. The van der Waals surface area contributed by atoms with E-state index in [4.69, 9.17) is 0 Å². The number of rotatable bonds is 6. The molecule has 0 amide bonds. The molecule has 4 bridgehead atoms. The average molecular weight is 338 g/mol. The van der Waals surface area contributed by atoms with Gasteiger partial charge < -0.3 is 0 Å². The standard InChI is InChI=1S/C23H31NO/c1-3-22(25)9-8-17-4-6-18(7-5-17)16-24(2)23-13-19-10-20(14-23)12-21(11-19)15-23/h4-9,19-21H,3,10-16H2,1-2H3/b9-8+. The zero-order valence-corrected chi connectivity index (χ0v) is 15.7. The molecule has 0 spiro atoms. The third-order valence-electron chi connectivity index (χ3n) is 7.03. The second-order valence-corrected chi connectivity index (χ2v) is 8.89. The van der Waals surface area contributed by atoms with Gasteiger partial charge in [0.15, 0.2) is 5.78 Å². The minimum absolute atomic E-state index is 0.186. The van der Waals surface area contributed by atoms with E-state index in [0.29, 0.717) is 12.0 Å². The van der Waals surface area contributed by atoms with Gasteiger partial charge in [-0.3, -0.25) is 9.69 Å². The van der Waals surface area contributed by atoms with Gasteiger partial charge >= 0.3 is 0 Å². The topological polar surface area (TPSA) is 20.3 Å². The first-order valence-corrected chi connectivity index (χ1v) is 10.1. The Morgan fingerprint density at radius 2 is 1.64 bits per heavy atom. The van der Waals surface area contributed by atoms with E-state index in [0.717, 1.165) is 29.9 Å². The first kappa shape index (κ1) is 17.0. The Morgan fingerprint density at radius 1 is 1.08 bits per heavy atom. The van der Waals surface area contributed by atoms with Crippen molar-refractivity contribution in [2.75, 3.05) is 7.05 Å². The normalized spacial score (nSPS) is 33.5. The van der Waals surface area contributed by atoms with E-state index in [2.05, 4.69) is 36.2 Å². The van der Waals surface area contributed by atoms with Crippen LogP contribution in [0.5, 0.6) is 0 Å². The summed E-state index contributed by atoms with van der Waals surface area (Å²) in [5.41, 5.74) is 2.97. The van der Waals surface area contributed by atoms with E-state index in [1.165, 1.54) is 44.1 Å². The zero-order chi connectivity index (χ0) is 17.4. The first-order valence-electron chi connectivity index (χ1n) is 10.1. The maximum absolute atomic E-state index is 11.4. The number of nitrogens with zero attached hydrogens (tertiary/aromatic N) is 1. The van der Waals surface area contributed by atoms with Crippen molar-refractivity contribution in [3.63, 3.8) is 0 Å². The Bertz CT molecular complexity index is 622. The van der Waals surface area contributed by atoms with E-state index in [1.807, 2.05) is 13.0 Å². The largest absolute Gasteiger partial charge is 0.296 e. The molecule has 2 heteroatoms. The Hall–Kier alpha value is -1.41. The Kier molecular flexibility index (Phi) is 4.58. The van der Waals surface area contributed by atoms with Crippen LogP contribution in [0.4, 0.5) is 0 Å². The van der Waals surface area contributed by atoms with Crippen LogP contribution in [-0.4, -0.2) is 23.3 Å². The minimum atomic E-state index is 0.186. The van der Waals surface area contributed by atoms with Crippen molar-refractivity contribution in [1.82, 2.24) is 4.90 Å². The van der Waals surface area contributed by atoms with E-state index in [-0.39, 0.29) is 5.78 Å². The predicted octanol–water partition coefficient (Wildman–Crippen LogP) is 5.08. The molecule has 0 N–H and O–H groups in total. The SMILES string of the molecule is CCC(=O)/C=C/c1ccc(CN(C)C23CC4CC(CC(C4)C2)C3)cc1. The van der Waals surface area contributed by atoms with Crippen molar-refractivity contribution < 1.29 is 4.79 Å². The number of hydrogen-bond donors (Lipinski definition) is 0. The molecule has 4 aliphatic carbocycles. The highest BCUT2D eigenvalue weighted by molar-refractivity contribution is 5.93. The minimum Gasteiger partial charge on any atom is -0.296 e. The van der Waals surface area contributed by atoms with E-state index in [1.54, 1.807) is 6.08 Å². The molecule has 134 valence electrons. The Labute approximate surface area is 152 Å². The molecule has 4 saturated carbocycles. The molecule has 1 aromatic rings. The van der Waals surface area contributed by atoms with E-state index >= 15 is 0 Å². The van der Waals surface area contributed by atoms with Gasteiger partial charge in [-0.2, -0.15) is 0 Å². The number of allylic oxidation sites excluding steroid dienone is 1. The van der Waals surface area contributed by atoms with Crippen molar-refractivity contribution >= 4 is 11.9 Å². The van der Waals surface area contributed by atoms with Crippen molar-refractivity contribution in [3.05, 3.63) is 41.5 Å². The van der Waals surface area contributed by atoms with E-state index < -0.39 is 0 Å². The fourth-order valence-electron chi connectivity index (χ4n) is 6.02. The number of carbonyl (C=O) groups excluding carboxylic acids is 1. The smallest absolute Gasteiger partial charge is 0.155 e. The van der Waals surface area contributed by atoms with Crippen LogP contribution in [0.1, 0.15) is 63.0 Å². The second-order valence-electron chi connectivity index (χ2n) is 8.89. The van der Waals surface area contributed by atoms with Crippen LogP contribution < -0.4 is 0 Å². The lowest BCUT2D eigenvalue weighted by molar-refractivity contribution is -0.114. The molecule has 2 nitrogen and oxygen atoms in total. The molecule has 4 aliphatic rings. The van der Waals surface area contributed by atoms with Crippen LogP contribution in [0.2, 0.25) is 0 Å². The Morgan fingerprint density at radius 3 is 2.16 bits per heavy atom. The summed E-state index contributed by atoms with van der Waals surface area (Å²) in [6.07, 6.45) is 13.0. The molecule has 1 aromatic carbocycles. The fraction of sp³-hybridized carbons (Fsp3) is 0.609. The lowest BCUT2D eigenvalue weighted by atomic mass is 9.52. The van der Waals surface area contributed by atoms with Crippen molar-refractivity contribution in [2.24, 2.45) is 17.8 Å². The van der Waals surface area contributed by atoms with Gasteiger partial charge in [-0.15, -0.1) is 0 Å². The van der Waals surface area contributed by atoms with Gasteiger partial charge in [0.2, 0.25) is 0 Å². The molecule has 0 aliphatic heterocycles. The average Bonchev–Trinajstić information content (AvgIpc) is 2.59. The highest BCUT2D eigenvalue weighted by atomic mass is 16.1. The molecule has 0 heterocycles. The van der Waals surface area contributed by atoms with Gasteiger partial charge in [0.05, 0.1) is 0 Å². The third-order valence-corrected chi connectivity index (χ3v) is 7.03. The van der Waals surface area contributed by atoms with Crippen molar-refractivity contribution in [2.45, 2.75) is 64.0 Å². The summed E-state index contributed by atoms with van der Waals surface area (Å²) in [6.45, 7) is 2.94. The number of benzene rings is 1. The summed E-state index contributed by atoms with van der Waals surface area (Å²) in [5, 5.41) is 0. The fourth-order valence-corrected chi connectivity index (χ4v) is 6.02. The summed E-state index contributed by atoms with van der Waals surface area (Å²) < 4.78 is 0. The maximum atomic E-state index is 11.4. The van der Waals surface area contributed by atoms with Crippen LogP contribution in [-0.2, 0) is 11.3 Å². The molecule has 0 atom stereocenters. The molecular weight excluding hydrogens is 306 g/mol. The lowest BCUT2D eigenvalue weighted by Crippen LogP contribution is -2.58. The highest BCUT2D eigenvalue weighted by Gasteiger charge is 2.52. The van der Waals surface area contributed by atoms with Crippen molar-refractivity contribution in [3.8, 4) is 0 Å². The summed E-state index contributed by atoms with van der Waals surface area (Å²) in [5.74, 6) is 3.18. The molecule has 0 saturated heterocycles. The maximum Gasteiger partial charge on any atom is 0.155 e. The summed E-state index contributed by atoms with van der Waals surface area (Å²) in [7, 11) is 2.35. The molecule has 25 heavy (non-hydrogen) atoms. The first-order chi connectivity index (χ1) is 12.1. The third kappa shape index (κ3) is 3.46.